The first-order chi connectivity index (χ1) is 13.7. The zero-order valence-electron chi connectivity index (χ0n) is 17.2. The Bertz CT molecular complexity index is 735. The molecule has 0 bridgehead atoms. The first kappa shape index (κ1) is 20.0. The van der Waals surface area contributed by atoms with Crippen molar-refractivity contribution in [1.29, 1.82) is 0 Å². The van der Waals surface area contributed by atoms with Gasteiger partial charge in [0.05, 0.1) is 17.8 Å². The van der Waals surface area contributed by atoms with Crippen LogP contribution in [0.1, 0.15) is 58.3 Å². The highest BCUT2D eigenvalue weighted by Crippen LogP contribution is 2.69. The lowest BCUT2D eigenvalue weighted by atomic mass is 9.42. The van der Waals surface area contributed by atoms with E-state index in [1.807, 2.05) is 0 Å². The molecule has 0 aromatic carbocycles. The fourth-order valence-corrected chi connectivity index (χ4v) is 8.57. The van der Waals surface area contributed by atoms with Gasteiger partial charge in [-0.15, -0.1) is 0 Å². The Morgan fingerprint density at radius 3 is 2.66 bits per heavy atom. The molecule has 0 aromatic heterocycles. The molecule has 0 radical (unpaired) electrons. The Hall–Kier alpha value is -0.950. The van der Waals surface area contributed by atoms with E-state index in [9.17, 15) is 25.2 Å². The van der Waals surface area contributed by atoms with Gasteiger partial charge in [-0.2, -0.15) is 0 Å². The van der Waals surface area contributed by atoms with Crippen LogP contribution in [0.2, 0.25) is 0 Å². The van der Waals surface area contributed by atoms with Crippen molar-refractivity contribution in [3.8, 4) is 0 Å². The van der Waals surface area contributed by atoms with E-state index in [1.54, 1.807) is 6.08 Å². The minimum atomic E-state index is -0.919. The molecule has 4 aliphatic carbocycles. The number of aliphatic hydroxyl groups is 4. The van der Waals surface area contributed by atoms with E-state index in [0.29, 0.717) is 38.7 Å². The van der Waals surface area contributed by atoms with Gasteiger partial charge in [0, 0.05) is 23.5 Å². The van der Waals surface area contributed by atoms with E-state index >= 15 is 0 Å². The zero-order chi connectivity index (χ0) is 20.6. The summed E-state index contributed by atoms with van der Waals surface area (Å²) < 4.78 is 5.15. The average Bonchev–Trinajstić information content (AvgIpc) is 3.22. The molecule has 5 aliphatic rings. The van der Waals surface area contributed by atoms with Crippen molar-refractivity contribution in [2.75, 3.05) is 13.2 Å². The van der Waals surface area contributed by atoms with Gasteiger partial charge in [-0.25, -0.2) is 4.79 Å². The third-order valence-electron chi connectivity index (χ3n) is 9.90. The van der Waals surface area contributed by atoms with Crippen molar-refractivity contribution >= 4 is 5.97 Å². The molecule has 0 spiro atoms. The molecule has 0 saturated heterocycles. The maximum atomic E-state index is 12.1. The maximum Gasteiger partial charge on any atom is 0.331 e. The van der Waals surface area contributed by atoms with Crippen LogP contribution in [0.3, 0.4) is 0 Å². The first-order valence-electron chi connectivity index (χ1n) is 11.3. The summed E-state index contributed by atoms with van der Waals surface area (Å²) in [7, 11) is 0. The Labute approximate surface area is 172 Å². The van der Waals surface area contributed by atoms with Gasteiger partial charge in [0.15, 0.2) is 0 Å². The largest absolute Gasteiger partial charge is 0.458 e. The molecule has 4 fully saturated rings. The number of carbonyl (C=O) groups is 1. The lowest BCUT2D eigenvalue weighted by Gasteiger charge is -2.65. The van der Waals surface area contributed by atoms with Gasteiger partial charge >= 0.3 is 5.97 Å². The van der Waals surface area contributed by atoms with Crippen molar-refractivity contribution in [2.24, 2.45) is 34.5 Å². The van der Waals surface area contributed by atoms with E-state index in [4.69, 9.17) is 4.74 Å². The number of rotatable bonds is 2. The van der Waals surface area contributed by atoms with Crippen molar-refractivity contribution < 1.29 is 30.0 Å². The number of hydrogen-bond donors (Lipinski definition) is 4. The maximum absolute atomic E-state index is 12.1. The van der Waals surface area contributed by atoms with Gasteiger partial charge in [0.25, 0.3) is 0 Å². The van der Waals surface area contributed by atoms with Crippen LogP contribution in [0.5, 0.6) is 0 Å². The van der Waals surface area contributed by atoms with E-state index in [0.717, 1.165) is 24.8 Å². The highest BCUT2D eigenvalue weighted by Gasteiger charge is 2.70. The fourth-order valence-electron chi connectivity index (χ4n) is 8.57. The molecule has 162 valence electrons. The number of carbonyl (C=O) groups excluding carboxylic acids is 1. The van der Waals surface area contributed by atoms with Crippen molar-refractivity contribution in [3.63, 3.8) is 0 Å². The smallest absolute Gasteiger partial charge is 0.331 e. The van der Waals surface area contributed by atoms with Gasteiger partial charge < -0.3 is 25.2 Å². The predicted molar refractivity (Wildman–Crippen MR) is 105 cm³/mol. The monoisotopic (exact) mass is 406 g/mol. The summed E-state index contributed by atoms with van der Waals surface area (Å²) in [5.74, 6) is -0.301. The van der Waals surface area contributed by atoms with Crippen LogP contribution >= 0.6 is 0 Å². The Morgan fingerprint density at radius 1 is 1.17 bits per heavy atom. The van der Waals surface area contributed by atoms with Crippen LogP contribution in [-0.2, 0) is 9.53 Å². The first-order valence-corrected chi connectivity index (χ1v) is 11.3. The summed E-state index contributed by atoms with van der Waals surface area (Å²) in [6.07, 6.45) is 6.29. The SMILES string of the molecule is C[C@]12C[C@@H](O)[C@H]3[C@@H](CC[C@@H]4C[C@@H](O)CC[C@@]43CO)C1(O)CC[C@@H]2C1=CC(=O)OC1. The molecule has 4 saturated carbocycles. The summed E-state index contributed by atoms with van der Waals surface area (Å²) in [5.41, 5.74) is -0.893. The van der Waals surface area contributed by atoms with Crippen LogP contribution in [-0.4, -0.2) is 57.4 Å². The molecule has 1 aliphatic heterocycles. The zero-order valence-corrected chi connectivity index (χ0v) is 17.2. The molecule has 0 amide bonds. The average molecular weight is 407 g/mol. The molecule has 0 aromatic rings. The third kappa shape index (κ3) is 2.52. The molecule has 6 nitrogen and oxygen atoms in total. The third-order valence-corrected chi connectivity index (χ3v) is 9.90. The topological polar surface area (TPSA) is 107 Å². The number of cyclic esters (lactones) is 1. The van der Waals surface area contributed by atoms with Gasteiger partial charge in [-0.05, 0) is 80.6 Å². The number of ether oxygens (including phenoxy) is 1. The normalized spacial score (nSPS) is 54.2. The minimum absolute atomic E-state index is 0.00628. The molecular formula is C23H34O6. The Balaban J connectivity index is 1.53. The second-order valence-corrected chi connectivity index (χ2v) is 10.8. The van der Waals surface area contributed by atoms with Crippen LogP contribution in [0.15, 0.2) is 11.6 Å². The second kappa shape index (κ2) is 6.52. The van der Waals surface area contributed by atoms with Crippen molar-refractivity contribution in [1.82, 2.24) is 0 Å². The van der Waals surface area contributed by atoms with Gasteiger partial charge in [-0.3, -0.25) is 0 Å². The number of fused-ring (bicyclic) bond motifs is 5. The second-order valence-electron chi connectivity index (χ2n) is 10.8. The summed E-state index contributed by atoms with van der Waals surface area (Å²) >= 11 is 0. The molecule has 5 rings (SSSR count). The molecule has 4 N–H and O–H groups in total. The van der Waals surface area contributed by atoms with Crippen molar-refractivity contribution in [3.05, 3.63) is 11.6 Å². The summed E-state index contributed by atoms with van der Waals surface area (Å²) in [4.78, 5) is 11.7. The molecule has 1 heterocycles. The predicted octanol–water partition coefficient (Wildman–Crippen LogP) is 1.55. The lowest BCUT2D eigenvalue weighted by Crippen LogP contribution is -2.67. The summed E-state index contributed by atoms with van der Waals surface area (Å²) in [6, 6.07) is 0. The fraction of sp³-hybridized carbons (Fsp3) is 0.870. The number of esters is 1. The summed E-state index contributed by atoms with van der Waals surface area (Å²) in [6.45, 7) is 2.38. The van der Waals surface area contributed by atoms with E-state index in [2.05, 4.69) is 6.92 Å². The van der Waals surface area contributed by atoms with Crippen LogP contribution in [0.4, 0.5) is 0 Å². The van der Waals surface area contributed by atoms with Crippen LogP contribution in [0, 0.1) is 34.5 Å². The molecule has 6 heteroatoms. The van der Waals surface area contributed by atoms with Gasteiger partial charge in [0.2, 0.25) is 0 Å². The quantitative estimate of drug-likeness (QED) is 0.519. The molecular weight excluding hydrogens is 372 g/mol. The molecule has 1 unspecified atom stereocenters. The number of hydrogen-bond acceptors (Lipinski definition) is 6. The van der Waals surface area contributed by atoms with Crippen molar-refractivity contribution in [2.45, 2.75) is 76.1 Å². The lowest BCUT2D eigenvalue weighted by molar-refractivity contribution is -0.252. The standard InChI is InChI=1S/C23H34O6/c1-21-10-18(26)20-17(3-2-14-9-15(25)4-6-22(14,20)12-24)23(21,28)7-5-16(21)13-8-19(27)29-11-13/h8,14-18,20,24-26,28H,2-7,9-12H2,1H3/t14-,15+,16-,17-,18-,20-,21-,22-,23?/m1/s1. The molecule has 29 heavy (non-hydrogen) atoms. The Morgan fingerprint density at radius 2 is 1.97 bits per heavy atom. The minimum Gasteiger partial charge on any atom is -0.458 e. The molecule has 9 atom stereocenters. The van der Waals surface area contributed by atoms with E-state index < -0.39 is 22.5 Å². The van der Waals surface area contributed by atoms with Crippen LogP contribution in [0.25, 0.3) is 0 Å². The van der Waals surface area contributed by atoms with Gasteiger partial charge in [-0.1, -0.05) is 6.92 Å². The van der Waals surface area contributed by atoms with Gasteiger partial charge in [0.1, 0.15) is 6.61 Å². The number of aliphatic hydroxyl groups excluding tert-OH is 3. The van der Waals surface area contributed by atoms with E-state index in [-0.39, 0.29) is 42.4 Å². The Kier molecular flexibility index (Phi) is 4.49. The van der Waals surface area contributed by atoms with Crippen LogP contribution < -0.4 is 0 Å². The summed E-state index contributed by atoms with van der Waals surface area (Å²) in [5, 5.41) is 44.3. The van der Waals surface area contributed by atoms with E-state index in [1.165, 1.54) is 0 Å². The highest BCUT2D eigenvalue weighted by atomic mass is 16.5. The highest BCUT2D eigenvalue weighted by molar-refractivity contribution is 5.85.